The van der Waals surface area contributed by atoms with E-state index in [1.165, 1.54) is 6.07 Å². The predicted molar refractivity (Wildman–Crippen MR) is 76.4 cm³/mol. The summed E-state index contributed by atoms with van der Waals surface area (Å²) >= 11 is 0. The number of amides is 1. The molecule has 0 aliphatic heterocycles. The molecule has 0 unspecified atom stereocenters. The van der Waals surface area contributed by atoms with Gasteiger partial charge in [0.1, 0.15) is 17.6 Å². The Morgan fingerprint density at radius 1 is 1.40 bits per heavy atom. The average Bonchev–Trinajstić information content (AvgIpc) is 2.44. The zero-order chi connectivity index (χ0) is 15.3. The van der Waals surface area contributed by atoms with Crippen LogP contribution in [0.5, 0.6) is 0 Å². The lowest BCUT2D eigenvalue weighted by molar-refractivity contribution is -0.385. The summed E-state index contributed by atoms with van der Waals surface area (Å²) in [5, 5.41) is 13.8. The number of aromatic nitrogens is 1. The summed E-state index contributed by atoms with van der Waals surface area (Å²) in [5.41, 5.74) is 4.76. The maximum absolute atomic E-state index is 12.3. The minimum Gasteiger partial charge on any atom is -0.384 e. The molecule has 0 atom stereocenters. The molecule has 0 bridgehead atoms. The summed E-state index contributed by atoms with van der Waals surface area (Å²) in [6.45, 7) is 5.92. The Morgan fingerprint density at radius 2 is 1.95 bits per heavy atom. The second-order valence-electron chi connectivity index (χ2n) is 4.68. The van der Waals surface area contributed by atoms with E-state index < -0.39 is 10.8 Å². The third-order valence-corrected chi connectivity index (χ3v) is 3.75. The Balaban J connectivity index is 3.15. The monoisotopic (exact) mass is 280 g/mol. The molecule has 0 aromatic carbocycles. The number of nitrogens with two attached hydrogens (primary N) is 1. The largest absolute Gasteiger partial charge is 0.384 e. The van der Waals surface area contributed by atoms with E-state index in [0.29, 0.717) is 0 Å². The molecule has 0 fully saturated rings. The van der Waals surface area contributed by atoms with Gasteiger partial charge in [-0.05, 0) is 25.3 Å². The van der Waals surface area contributed by atoms with Crippen LogP contribution in [0, 0.1) is 10.1 Å². The van der Waals surface area contributed by atoms with E-state index in [2.05, 4.69) is 10.3 Å². The normalized spacial score (nSPS) is 11.2. The maximum atomic E-state index is 12.3. The molecular weight excluding hydrogens is 260 g/mol. The third kappa shape index (κ3) is 3.23. The molecule has 0 saturated carbocycles. The van der Waals surface area contributed by atoms with Gasteiger partial charge in [-0.25, -0.2) is 4.98 Å². The van der Waals surface area contributed by atoms with Crippen LogP contribution in [0.2, 0.25) is 0 Å². The third-order valence-electron chi connectivity index (χ3n) is 3.75. The van der Waals surface area contributed by atoms with Crippen molar-refractivity contribution in [3.05, 3.63) is 27.9 Å². The van der Waals surface area contributed by atoms with Crippen molar-refractivity contribution in [2.45, 2.75) is 45.6 Å². The molecule has 1 rings (SSSR count). The van der Waals surface area contributed by atoms with Crippen molar-refractivity contribution in [1.82, 2.24) is 10.3 Å². The molecule has 7 nitrogen and oxygen atoms in total. The fourth-order valence-electron chi connectivity index (χ4n) is 2.12. The van der Waals surface area contributed by atoms with Crippen LogP contribution in [0.3, 0.4) is 0 Å². The highest BCUT2D eigenvalue weighted by Gasteiger charge is 2.29. The van der Waals surface area contributed by atoms with E-state index in [0.717, 1.165) is 25.5 Å². The van der Waals surface area contributed by atoms with Crippen LogP contribution in [-0.2, 0) is 0 Å². The van der Waals surface area contributed by atoms with Crippen molar-refractivity contribution in [3.63, 3.8) is 0 Å². The first-order chi connectivity index (χ1) is 9.39. The van der Waals surface area contributed by atoms with Crippen molar-refractivity contribution in [1.29, 1.82) is 0 Å². The van der Waals surface area contributed by atoms with Crippen LogP contribution >= 0.6 is 0 Å². The van der Waals surface area contributed by atoms with Gasteiger partial charge in [0, 0.05) is 5.54 Å². The number of carbonyl (C=O) groups is 1. The lowest BCUT2D eigenvalue weighted by atomic mass is 9.89. The fourth-order valence-corrected chi connectivity index (χ4v) is 2.12. The Kier molecular flexibility index (Phi) is 5.01. The summed E-state index contributed by atoms with van der Waals surface area (Å²) in [4.78, 5) is 26.3. The minimum atomic E-state index is -0.632. The van der Waals surface area contributed by atoms with Crippen molar-refractivity contribution < 1.29 is 9.72 Å². The second kappa shape index (κ2) is 6.31. The molecule has 1 aromatic heterocycles. The highest BCUT2D eigenvalue weighted by Crippen LogP contribution is 2.23. The van der Waals surface area contributed by atoms with Crippen molar-refractivity contribution in [3.8, 4) is 0 Å². The lowest BCUT2D eigenvalue weighted by Gasteiger charge is -2.31. The standard InChI is InChI=1S/C13H20N4O3/c1-4-13(5-2,6-3)16-12(18)9-7-11(14)15-8-10(9)17(19)20/h7-8H,4-6H2,1-3H3,(H2,14,15)(H,16,18). The van der Waals surface area contributed by atoms with Gasteiger partial charge in [0.2, 0.25) is 0 Å². The number of pyridine rings is 1. The van der Waals surface area contributed by atoms with E-state index in [1.54, 1.807) is 0 Å². The number of nitrogens with one attached hydrogen (secondary N) is 1. The van der Waals surface area contributed by atoms with E-state index in [1.807, 2.05) is 20.8 Å². The summed E-state index contributed by atoms with van der Waals surface area (Å²) in [5.74, 6) is -0.410. The van der Waals surface area contributed by atoms with Crippen molar-refractivity contribution in [2.75, 3.05) is 5.73 Å². The van der Waals surface area contributed by atoms with E-state index in [9.17, 15) is 14.9 Å². The summed E-state index contributed by atoms with van der Waals surface area (Å²) in [6, 6.07) is 1.24. The van der Waals surface area contributed by atoms with Gasteiger partial charge in [0.25, 0.3) is 11.6 Å². The average molecular weight is 280 g/mol. The van der Waals surface area contributed by atoms with Crippen LogP contribution in [-0.4, -0.2) is 21.4 Å². The van der Waals surface area contributed by atoms with Crippen LogP contribution in [0.25, 0.3) is 0 Å². The molecule has 1 aromatic rings. The zero-order valence-electron chi connectivity index (χ0n) is 12.0. The van der Waals surface area contributed by atoms with Crippen LogP contribution < -0.4 is 11.1 Å². The summed E-state index contributed by atoms with van der Waals surface area (Å²) in [7, 11) is 0. The second-order valence-corrected chi connectivity index (χ2v) is 4.68. The number of rotatable bonds is 6. The molecule has 0 spiro atoms. The Morgan fingerprint density at radius 3 is 2.40 bits per heavy atom. The van der Waals surface area contributed by atoms with Gasteiger partial charge in [0.05, 0.1) is 4.92 Å². The van der Waals surface area contributed by atoms with Gasteiger partial charge in [-0.15, -0.1) is 0 Å². The van der Waals surface area contributed by atoms with E-state index in [4.69, 9.17) is 5.73 Å². The molecule has 0 radical (unpaired) electrons. The van der Waals surface area contributed by atoms with E-state index in [-0.39, 0.29) is 22.6 Å². The SMILES string of the molecule is CCC(CC)(CC)NC(=O)c1cc(N)ncc1[N+](=O)[O-]. The van der Waals surface area contributed by atoms with Crippen LogP contribution in [0.4, 0.5) is 11.5 Å². The molecule has 7 heteroatoms. The highest BCUT2D eigenvalue weighted by atomic mass is 16.6. The van der Waals surface area contributed by atoms with Crippen molar-refractivity contribution >= 4 is 17.4 Å². The number of anilines is 1. The molecule has 0 aliphatic carbocycles. The topological polar surface area (TPSA) is 111 Å². The molecule has 0 aliphatic rings. The Hall–Kier alpha value is -2.18. The van der Waals surface area contributed by atoms with Gasteiger partial charge in [-0.1, -0.05) is 20.8 Å². The quantitative estimate of drug-likeness (QED) is 0.613. The number of carbonyl (C=O) groups excluding carboxylic acids is 1. The van der Waals surface area contributed by atoms with Crippen LogP contribution in [0.15, 0.2) is 12.3 Å². The molecule has 20 heavy (non-hydrogen) atoms. The van der Waals surface area contributed by atoms with Gasteiger partial charge in [0.15, 0.2) is 0 Å². The van der Waals surface area contributed by atoms with Crippen molar-refractivity contribution in [2.24, 2.45) is 0 Å². The predicted octanol–water partition coefficient (Wildman–Crippen LogP) is 2.27. The van der Waals surface area contributed by atoms with E-state index >= 15 is 0 Å². The molecule has 0 saturated heterocycles. The molecule has 110 valence electrons. The first kappa shape index (κ1) is 15.9. The van der Waals surface area contributed by atoms with Gasteiger partial charge in [-0.2, -0.15) is 0 Å². The molecule has 1 amide bonds. The number of nitrogens with zero attached hydrogens (tertiary/aromatic N) is 2. The highest BCUT2D eigenvalue weighted by molar-refractivity contribution is 5.99. The molecule has 3 N–H and O–H groups in total. The van der Waals surface area contributed by atoms with Crippen LogP contribution in [0.1, 0.15) is 50.4 Å². The number of hydrogen-bond donors (Lipinski definition) is 2. The maximum Gasteiger partial charge on any atom is 0.300 e. The van der Waals surface area contributed by atoms with Gasteiger partial charge < -0.3 is 11.1 Å². The first-order valence-electron chi connectivity index (χ1n) is 6.61. The molecule has 1 heterocycles. The smallest absolute Gasteiger partial charge is 0.300 e. The Bertz CT molecular complexity index is 504. The fraction of sp³-hybridized carbons (Fsp3) is 0.538. The number of hydrogen-bond acceptors (Lipinski definition) is 5. The number of nitrogen functional groups attached to an aromatic ring is 1. The number of nitro groups is 1. The Labute approximate surface area is 117 Å². The summed E-state index contributed by atoms with van der Waals surface area (Å²) in [6.07, 6.45) is 3.26. The first-order valence-corrected chi connectivity index (χ1v) is 6.61. The minimum absolute atomic E-state index is 0.0535. The summed E-state index contributed by atoms with van der Waals surface area (Å²) < 4.78 is 0. The lowest BCUT2D eigenvalue weighted by Crippen LogP contribution is -2.47. The van der Waals surface area contributed by atoms with Gasteiger partial charge >= 0.3 is 0 Å². The molecular formula is C13H20N4O3. The zero-order valence-corrected chi connectivity index (χ0v) is 12.0. The van der Waals surface area contributed by atoms with Gasteiger partial charge in [-0.3, -0.25) is 14.9 Å².